The van der Waals surface area contributed by atoms with Crippen LogP contribution < -0.4 is 10.6 Å². The van der Waals surface area contributed by atoms with E-state index in [0.29, 0.717) is 18.1 Å². The quantitative estimate of drug-likeness (QED) is 0.889. The van der Waals surface area contributed by atoms with Crippen molar-refractivity contribution >= 4 is 0 Å². The molecular formula is C19H24N2. The molecule has 0 saturated carbocycles. The first-order valence-electron chi connectivity index (χ1n) is 7.94. The van der Waals surface area contributed by atoms with Crippen LogP contribution in [0.3, 0.4) is 0 Å². The van der Waals surface area contributed by atoms with Gasteiger partial charge in [-0.15, -0.1) is 0 Å². The molecule has 0 radical (unpaired) electrons. The van der Waals surface area contributed by atoms with Crippen LogP contribution in [0.25, 0.3) is 0 Å². The smallest absolute Gasteiger partial charge is 0.0476 e. The van der Waals surface area contributed by atoms with Crippen molar-refractivity contribution < 1.29 is 0 Å². The van der Waals surface area contributed by atoms with Crippen molar-refractivity contribution in [2.75, 3.05) is 6.54 Å². The second kappa shape index (κ2) is 6.88. The summed E-state index contributed by atoms with van der Waals surface area (Å²) in [6.07, 6.45) is 2.46. The van der Waals surface area contributed by atoms with E-state index in [4.69, 9.17) is 0 Å². The molecule has 2 N–H and O–H groups in total. The van der Waals surface area contributed by atoms with Crippen molar-refractivity contribution in [3.63, 3.8) is 0 Å². The molecule has 3 rings (SSSR count). The summed E-state index contributed by atoms with van der Waals surface area (Å²) in [4.78, 5) is 0. The molecule has 0 bridgehead atoms. The minimum Gasteiger partial charge on any atom is -0.309 e. The van der Waals surface area contributed by atoms with E-state index in [9.17, 15) is 0 Å². The Balaban J connectivity index is 1.73. The number of hydrogen-bond acceptors (Lipinski definition) is 2. The average molecular weight is 280 g/mol. The lowest BCUT2D eigenvalue weighted by Crippen LogP contribution is -2.46. The number of rotatable bonds is 4. The number of benzene rings is 2. The molecule has 2 nitrogen and oxygen atoms in total. The van der Waals surface area contributed by atoms with Gasteiger partial charge in [-0.3, -0.25) is 0 Å². The molecule has 21 heavy (non-hydrogen) atoms. The Bertz CT molecular complexity index is 538. The van der Waals surface area contributed by atoms with Crippen molar-refractivity contribution in [3.8, 4) is 0 Å². The van der Waals surface area contributed by atoms with Gasteiger partial charge in [0.25, 0.3) is 0 Å². The van der Waals surface area contributed by atoms with E-state index in [0.717, 1.165) is 6.54 Å². The Hall–Kier alpha value is -1.64. The van der Waals surface area contributed by atoms with Crippen molar-refractivity contribution in [2.45, 2.75) is 37.9 Å². The second-order valence-electron chi connectivity index (χ2n) is 5.89. The van der Waals surface area contributed by atoms with Gasteiger partial charge >= 0.3 is 0 Å². The lowest BCUT2D eigenvalue weighted by atomic mass is 9.91. The maximum atomic E-state index is 3.82. The Morgan fingerprint density at radius 1 is 1.00 bits per heavy atom. The lowest BCUT2D eigenvalue weighted by Gasteiger charge is -2.35. The molecule has 1 saturated heterocycles. The molecule has 1 heterocycles. The van der Waals surface area contributed by atoms with Crippen LogP contribution in [-0.2, 0) is 0 Å². The van der Waals surface area contributed by atoms with Gasteiger partial charge in [0.05, 0.1) is 0 Å². The molecule has 110 valence electrons. The molecule has 1 aliphatic rings. The number of nitrogens with one attached hydrogen (secondary N) is 2. The maximum Gasteiger partial charge on any atom is 0.0476 e. The van der Waals surface area contributed by atoms with Crippen molar-refractivity contribution in [2.24, 2.45) is 0 Å². The third-order valence-corrected chi connectivity index (χ3v) is 4.38. The Morgan fingerprint density at radius 3 is 2.38 bits per heavy atom. The summed E-state index contributed by atoms with van der Waals surface area (Å²) in [5, 5.41) is 7.50. The monoisotopic (exact) mass is 280 g/mol. The van der Waals surface area contributed by atoms with Crippen LogP contribution in [0.1, 0.15) is 43.0 Å². The van der Waals surface area contributed by atoms with Crippen LogP contribution in [0, 0.1) is 0 Å². The van der Waals surface area contributed by atoms with E-state index in [1.807, 2.05) is 0 Å². The highest BCUT2D eigenvalue weighted by molar-refractivity contribution is 5.23. The van der Waals surface area contributed by atoms with Gasteiger partial charge in [0.1, 0.15) is 0 Å². The van der Waals surface area contributed by atoms with Crippen LogP contribution in [0.5, 0.6) is 0 Å². The van der Waals surface area contributed by atoms with Crippen LogP contribution in [0.4, 0.5) is 0 Å². The maximum absolute atomic E-state index is 3.82. The van der Waals surface area contributed by atoms with Gasteiger partial charge < -0.3 is 10.6 Å². The van der Waals surface area contributed by atoms with E-state index < -0.39 is 0 Å². The first-order valence-corrected chi connectivity index (χ1v) is 7.94. The van der Waals surface area contributed by atoms with Gasteiger partial charge in [0.2, 0.25) is 0 Å². The Labute approximate surface area is 127 Å². The fourth-order valence-electron chi connectivity index (χ4n) is 3.24. The first-order chi connectivity index (χ1) is 10.3. The standard InChI is InChI=1S/C19H24N2/c1-15(16-9-4-2-5-10-16)21-18-13-8-14-20-19(18)17-11-6-3-7-12-17/h2-7,9-12,15,18-21H,8,13-14H2,1H3/t15-,18-,19-/m0/s1. The van der Waals surface area contributed by atoms with Crippen molar-refractivity contribution in [1.82, 2.24) is 10.6 Å². The SMILES string of the molecule is C[C@H](N[C@H]1CCCN[C@H]1c1ccccc1)c1ccccc1. The highest BCUT2D eigenvalue weighted by Crippen LogP contribution is 2.26. The van der Waals surface area contributed by atoms with Crippen LogP contribution in [0.2, 0.25) is 0 Å². The van der Waals surface area contributed by atoms with Crippen molar-refractivity contribution in [1.29, 1.82) is 0 Å². The van der Waals surface area contributed by atoms with Crippen LogP contribution in [-0.4, -0.2) is 12.6 Å². The summed E-state index contributed by atoms with van der Waals surface area (Å²) in [5.41, 5.74) is 2.74. The number of hydrogen-bond donors (Lipinski definition) is 2. The summed E-state index contributed by atoms with van der Waals surface area (Å²) in [7, 11) is 0. The summed E-state index contributed by atoms with van der Waals surface area (Å²) in [6.45, 7) is 3.36. The number of piperidine rings is 1. The molecular weight excluding hydrogens is 256 g/mol. The minimum atomic E-state index is 0.377. The van der Waals surface area contributed by atoms with Gasteiger partial charge in [0.15, 0.2) is 0 Å². The fraction of sp³-hybridized carbons (Fsp3) is 0.368. The third-order valence-electron chi connectivity index (χ3n) is 4.38. The molecule has 3 atom stereocenters. The Morgan fingerprint density at radius 2 is 1.67 bits per heavy atom. The predicted molar refractivity (Wildman–Crippen MR) is 88.2 cm³/mol. The normalized spacial score (nSPS) is 23.7. The largest absolute Gasteiger partial charge is 0.309 e. The highest BCUT2D eigenvalue weighted by Gasteiger charge is 2.27. The van der Waals surface area contributed by atoms with E-state index in [-0.39, 0.29) is 0 Å². The van der Waals surface area contributed by atoms with Gasteiger partial charge in [0, 0.05) is 18.1 Å². The first kappa shape index (κ1) is 14.3. The topological polar surface area (TPSA) is 24.1 Å². The van der Waals surface area contributed by atoms with E-state index in [2.05, 4.69) is 78.2 Å². The zero-order chi connectivity index (χ0) is 14.5. The van der Waals surface area contributed by atoms with Crippen LogP contribution in [0.15, 0.2) is 60.7 Å². The summed E-state index contributed by atoms with van der Waals surface area (Å²) >= 11 is 0. The molecule has 0 spiro atoms. The van der Waals surface area contributed by atoms with E-state index >= 15 is 0 Å². The molecule has 1 fully saturated rings. The lowest BCUT2D eigenvalue weighted by molar-refractivity contribution is 0.287. The summed E-state index contributed by atoms with van der Waals surface area (Å²) in [6, 6.07) is 22.8. The van der Waals surface area contributed by atoms with Gasteiger partial charge in [-0.1, -0.05) is 60.7 Å². The molecule has 2 heteroatoms. The third kappa shape index (κ3) is 3.52. The van der Waals surface area contributed by atoms with Gasteiger partial charge in [-0.2, -0.15) is 0 Å². The fourth-order valence-corrected chi connectivity index (χ4v) is 3.24. The molecule has 0 amide bonds. The molecule has 1 aliphatic heterocycles. The second-order valence-corrected chi connectivity index (χ2v) is 5.89. The van der Waals surface area contributed by atoms with Gasteiger partial charge in [-0.05, 0) is 37.4 Å². The van der Waals surface area contributed by atoms with Crippen molar-refractivity contribution in [3.05, 3.63) is 71.8 Å². The summed E-state index contributed by atoms with van der Waals surface area (Å²) < 4.78 is 0. The average Bonchev–Trinajstić information content (AvgIpc) is 2.57. The van der Waals surface area contributed by atoms with Crippen LogP contribution >= 0.6 is 0 Å². The van der Waals surface area contributed by atoms with E-state index in [1.54, 1.807) is 0 Å². The highest BCUT2D eigenvalue weighted by atomic mass is 15.1. The molecule has 2 aromatic carbocycles. The van der Waals surface area contributed by atoms with Gasteiger partial charge in [-0.25, -0.2) is 0 Å². The zero-order valence-corrected chi connectivity index (χ0v) is 12.6. The molecule has 0 aromatic heterocycles. The zero-order valence-electron chi connectivity index (χ0n) is 12.6. The molecule has 0 aliphatic carbocycles. The van der Waals surface area contributed by atoms with E-state index in [1.165, 1.54) is 24.0 Å². The summed E-state index contributed by atoms with van der Waals surface area (Å²) in [5.74, 6) is 0. The predicted octanol–water partition coefficient (Wildman–Crippen LogP) is 3.83. The molecule has 2 aromatic rings. The molecule has 0 unspecified atom stereocenters. The minimum absolute atomic E-state index is 0.377. The Kier molecular flexibility index (Phi) is 4.69.